The summed E-state index contributed by atoms with van der Waals surface area (Å²) in [6.45, 7) is 6.83. The fourth-order valence-corrected chi connectivity index (χ4v) is 4.17. The molecule has 0 spiro atoms. The zero-order valence-corrected chi connectivity index (χ0v) is 17.8. The number of thiazole rings is 1. The monoisotopic (exact) mass is 416 g/mol. The van der Waals surface area contributed by atoms with Gasteiger partial charge in [0.15, 0.2) is 5.01 Å². The minimum atomic E-state index is -0.489. The van der Waals surface area contributed by atoms with Crippen LogP contribution in [0.4, 0.5) is 4.79 Å². The van der Waals surface area contributed by atoms with Gasteiger partial charge in [0.05, 0.1) is 17.3 Å². The van der Waals surface area contributed by atoms with E-state index in [1.54, 1.807) is 12.0 Å². The van der Waals surface area contributed by atoms with Crippen LogP contribution >= 0.6 is 11.3 Å². The highest BCUT2D eigenvalue weighted by Crippen LogP contribution is 2.33. The van der Waals surface area contributed by atoms with Crippen molar-refractivity contribution >= 4 is 27.6 Å². The van der Waals surface area contributed by atoms with Gasteiger partial charge in [0.2, 0.25) is 11.7 Å². The maximum absolute atomic E-state index is 12.2. The first-order valence-corrected chi connectivity index (χ1v) is 10.4. The number of hydrogen-bond donors (Lipinski definition) is 0. The highest BCUT2D eigenvalue weighted by molar-refractivity contribution is 7.21. The van der Waals surface area contributed by atoms with Crippen molar-refractivity contribution in [3.63, 3.8) is 0 Å². The highest BCUT2D eigenvalue weighted by Gasteiger charge is 2.30. The summed E-state index contributed by atoms with van der Waals surface area (Å²) in [4.78, 5) is 23.1. The minimum Gasteiger partial charge on any atom is -0.497 e. The Balaban J connectivity index is 1.43. The number of hydrogen-bond acceptors (Lipinski definition) is 8. The lowest BCUT2D eigenvalue weighted by atomic mass is 9.97. The van der Waals surface area contributed by atoms with Gasteiger partial charge in [0.1, 0.15) is 11.4 Å². The molecule has 3 heterocycles. The van der Waals surface area contributed by atoms with Crippen LogP contribution < -0.4 is 4.74 Å². The number of likely N-dealkylation sites (tertiary alicyclic amines) is 1. The first-order chi connectivity index (χ1) is 13.8. The summed E-state index contributed by atoms with van der Waals surface area (Å²) in [5.74, 6) is 2.01. The summed E-state index contributed by atoms with van der Waals surface area (Å²) in [5.41, 5.74) is 0.388. The van der Waals surface area contributed by atoms with Crippen LogP contribution in [0.5, 0.6) is 5.75 Å². The van der Waals surface area contributed by atoms with Crippen LogP contribution in [0.2, 0.25) is 0 Å². The van der Waals surface area contributed by atoms with E-state index < -0.39 is 5.60 Å². The van der Waals surface area contributed by atoms with Crippen LogP contribution in [0.3, 0.4) is 0 Å². The Morgan fingerprint density at radius 1 is 1.24 bits per heavy atom. The Morgan fingerprint density at radius 3 is 2.69 bits per heavy atom. The molecular formula is C20H24N4O4S. The van der Waals surface area contributed by atoms with E-state index in [-0.39, 0.29) is 12.0 Å². The molecule has 154 valence electrons. The van der Waals surface area contributed by atoms with Gasteiger partial charge in [-0.1, -0.05) is 5.16 Å². The van der Waals surface area contributed by atoms with Gasteiger partial charge in [-0.15, -0.1) is 11.3 Å². The van der Waals surface area contributed by atoms with Gasteiger partial charge in [0.25, 0.3) is 0 Å². The molecule has 1 aliphatic heterocycles. The van der Waals surface area contributed by atoms with Crippen LogP contribution in [0.1, 0.15) is 45.4 Å². The zero-order valence-electron chi connectivity index (χ0n) is 17.0. The molecule has 1 aromatic carbocycles. The van der Waals surface area contributed by atoms with Gasteiger partial charge in [-0.05, 0) is 51.8 Å². The van der Waals surface area contributed by atoms with Gasteiger partial charge in [0, 0.05) is 19.0 Å². The van der Waals surface area contributed by atoms with Crippen molar-refractivity contribution in [3.8, 4) is 16.6 Å². The molecule has 2 aromatic heterocycles. The molecule has 0 radical (unpaired) electrons. The van der Waals surface area contributed by atoms with Crippen LogP contribution in [-0.2, 0) is 4.74 Å². The van der Waals surface area contributed by atoms with E-state index in [0.717, 1.165) is 33.8 Å². The largest absolute Gasteiger partial charge is 0.497 e. The molecule has 0 aliphatic carbocycles. The first-order valence-electron chi connectivity index (χ1n) is 9.59. The SMILES string of the molecule is COc1ccc2nc(-c3noc(C4CCN(C(=O)OC(C)(C)C)CC4)n3)sc2c1. The van der Waals surface area contributed by atoms with Gasteiger partial charge in [-0.3, -0.25) is 0 Å². The lowest BCUT2D eigenvalue weighted by Crippen LogP contribution is -2.41. The number of fused-ring (bicyclic) bond motifs is 1. The topological polar surface area (TPSA) is 90.6 Å². The predicted molar refractivity (Wildman–Crippen MR) is 109 cm³/mol. The van der Waals surface area contributed by atoms with E-state index in [1.807, 2.05) is 39.0 Å². The molecule has 0 saturated carbocycles. The smallest absolute Gasteiger partial charge is 0.410 e. The number of ether oxygens (including phenoxy) is 2. The molecular weight excluding hydrogens is 392 g/mol. The normalized spacial score (nSPS) is 15.7. The second-order valence-corrected chi connectivity index (χ2v) is 9.08. The molecule has 1 saturated heterocycles. The summed E-state index contributed by atoms with van der Waals surface area (Å²) in [6.07, 6.45) is 1.25. The molecule has 9 heteroatoms. The lowest BCUT2D eigenvalue weighted by Gasteiger charge is -2.32. The van der Waals surface area contributed by atoms with Crippen molar-refractivity contribution in [2.45, 2.75) is 45.1 Å². The van der Waals surface area contributed by atoms with Crippen molar-refractivity contribution in [1.29, 1.82) is 0 Å². The first kappa shape index (κ1) is 19.6. The van der Waals surface area contributed by atoms with Crippen molar-refractivity contribution in [1.82, 2.24) is 20.0 Å². The van der Waals surface area contributed by atoms with Gasteiger partial charge in [-0.2, -0.15) is 4.98 Å². The molecule has 0 atom stereocenters. The number of carbonyl (C=O) groups is 1. The van der Waals surface area contributed by atoms with E-state index in [0.29, 0.717) is 24.8 Å². The molecule has 1 fully saturated rings. The standard InChI is InChI=1S/C20H24N4O4S/c1-20(2,3)27-19(25)24-9-7-12(8-10-24)17-22-16(23-28-17)18-21-14-6-5-13(26-4)11-15(14)29-18/h5-6,11-12H,7-10H2,1-4H3. The molecule has 29 heavy (non-hydrogen) atoms. The predicted octanol–water partition coefficient (Wildman–Crippen LogP) is 4.47. The molecule has 0 N–H and O–H groups in total. The fraction of sp³-hybridized carbons (Fsp3) is 0.500. The van der Waals surface area contributed by atoms with Crippen molar-refractivity contribution in [2.75, 3.05) is 20.2 Å². The summed E-state index contributed by atoms with van der Waals surface area (Å²) in [6, 6.07) is 5.75. The Bertz CT molecular complexity index is 1020. The van der Waals surface area contributed by atoms with Gasteiger partial charge in [-0.25, -0.2) is 9.78 Å². The Hall–Kier alpha value is -2.68. The van der Waals surface area contributed by atoms with E-state index in [1.165, 1.54) is 11.3 Å². The summed E-state index contributed by atoms with van der Waals surface area (Å²) in [5, 5.41) is 4.84. The highest BCUT2D eigenvalue weighted by atomic mass is 32.1. The van der Waals surface area contributed by atoms with Crippen LogP contribution in [-0.4, -0.2) is 51.9 Å². The number of nitrogens with zero attached hydrogens (tertiary/aromatic N) is 4. The average Bonchev–Trinajstić information content (AvgIpc) is 3.33. The van der Waals surface area contributed by atoms with Crippen LogP contribution in [0, 0.1) is 0 Å². The molecule has 4 rings (SSSR count). The fourth-order valence-electron chi connectivity index (χ4n) is 3.25. The number of methoxy groups -OCH3 is 1. The third-order valence-electron chi connectivity index (χ3n) is 4.72. The number of carbonyl (C=O) groups excluding carboxylic acids is 1. The summed E-state index contributed by atoms with van der Waals surface area (Å²) >= 11 is 1.50. The zero-order chi connectivity index (χ0) is 20.6. The Labute approximate surface area is 172 Å². The number of aromatic nitrogens is 3. The Morgan fingerprint density at radius 2 is 2.00 bits per heavy atom. The minimum absolute atomic E-state index is 0.129. The third-order valence-corrected chi connectivity index (χ3v) is 5.74. The second-order valence-electron chi connectivity index (χ2n) is 8.05. The van der Waals surface area contributed by atoms with Crippen LogP contribution in [0.25, 0.3) is 21.0 Å². The number of amides is 1. The number of benzene rings is 1. The molecule has 3 aromatic rings. The van der Waals surface area contributed by atoms with Crippen molar-refractivity contribution in [2.24, 2.45) is 0 Å². The lowest BCUT2D eigenvalue weighted by molar-refractivity contribution is 0.0198. The molecule has 1 amide bonds. The van der Waals surface area contributed by atoms with Crippen molar-refractivity contribution in [3.05, 3.63) is 24.1 Å². The summed E-state index contributed by atoms with van der Waals surface area (Å²) in [7, 11) is 1.64. The van der Waals surface area contributed by atoms with E-state index >= 15 is 0 Å². The van der Waals surface area contributed by atoms with E-state index in [2.05, 4.69) is 15.1 Å². The Kier molecular flexibility index (Phi) is 5.16. The number of rotatable bonds is 3. The molecule has 0 bridgehead atoms. The maximum atomic E-state index is 12.2. The van der Waals surface area contributed by atoms with Gasteiger partial charge < -0.3 is 18.9 Å². The van der Waals surface area contributed by atoms with Crippen molar-refractivity contribution < 1.29 is 18.8 Å². The average molecular weight is 417 g/mol. The summed E-state index contributed by atoms with van der Waals surface area (Å²) < 4.78 is 17.2. The molecule has 8 nitrogen and oxygen atoms in total. The van der Waals surface area contributed by atoms with Gasteiger partial charge >= 0.3 is 6.09 Å². The second kappa shape index (κ2) is 7.62. The molecule has 0 unspecified atom stereocenters. The number of piperidine rings is 1. The third kappa shape index (κ3) is 4.34. The molecule has 1 aliphatic rings. The maximum Gasteiger partial charge on any atom is 0.410 e. The van der Waals surface area contributed by atoms with Crippen LogP contribution in [0.15, 0.2) is 22.7 Å². The quantitative estimate of drug-likeness (QED) is 0.622. The van der Waals surface area contributed by atoms with E-state index in [4.69, 9.17) is 14.0 Å². The van der Waals surface area contributed by atoms with E-state index in [9.17, 15) is 4.79 Å².